The molecule has 0 saturated heterocycles. The quantitative estimate of drug-likeness (QED) is 0.876. The second kappa shape index (κ2) is 6.35. The van der Waals surface area contributed by atoms with Gasteiger partial charge in [-0.3, -0.25) is 9.59 Å². The minimum Gasteiger partial charge on any atom is -0.330 e. The molecular weight excluding hydrogens is 274 g/mol. The number of carbonyl (C=O) groups is 2. The van der Waals surface area contributed by atoms with Gasteiger partial charge in [0.1, 0.15) is 6.54 Å². The summed E-state index contributed by atoms with van der Waals surface area (Å²) in [5, 5.41) is 3.36. The summed E-state index contributed by atoms with van der Waals surface area (Å²) in [6.07, 6.45) is 4.24. The van der Waals surface area contributed by atoms with E-state index in [-0.39, 0.29) is 24.4 Å². The largest absolute Gasteiger partial charge is 0.330 e. The van der Waals surface area contributed by atoms with Crippen LogP contribution in [0.5, 0.6) is 0 Å². The van der Waals surface area contributed by atoms with Gasteiger partial charge in [-0.15, -0.1) is 11.3 Å². The fourth-order valence-corrected chi connectivity index (χ4v) is 2.68. The van der Waals surface area contributed by atoms with Crippen LogP contribution in [0.2, 0.25) is 0 Å². The molecule has 1 saturated carbocycles. The van der Waals surface area contributed by atoms with Crippen LogP contribution < -0.4 is 5.32 Å². The van der Waals surface area contributed by atoms with E-state index in [0.717, 1.165) is 17.7 Å². The molecule has 6 heteroatoms. The van der Waals surface area contributed by atoms with Gasteiger partial charge in [-0.25, -0.2) is 4.98 Å². The number of aromatic nitrogens is 1. The third-order valence-corrected chi connectivity index (χ3v) is 3.90. The fourth-order valence-electron chi connectivity index (χ4n) is 2.00. The molecule has 1 aromatic rings. The maximum absolute atomic E-state index is 12.2. The third-order valence-electron chi connectivity index (χ3n) is 3.07. The van der Waals surface area contributed by atoms with E-state index in [1.165, 1.54) is 11.3 Å². The molecule has 1 N–H and O–H groups in total. The lowest BCUT2D eigenvalue weighted by atomic mass is 10.1. The highest BCUT2D eigenvalue weighted by Crippen LogP contribution is 2.28. The van der Waals surface area contributed by atoms with Crippen molar-refractivity contribution in [2.45, 2.75) is 46.1 Å². The Labute approximate surface area is 123 Å². The van der Waals surface area contributed by atoms with Crippen LogP contribution in [0, 0.1) is 12.8 Å². The summed E-state index contributed by atoms with van der Waals surface area (Å²) in [4.78, 5) is 31.0. The van der Waals surface area contributed by atoms with E-state index in [1.54, 1.807) is 11.1 Å². The van der Waals surface area contributed by atoms with Crippen molar-refractivity contribution in [3.63, 3.8) is 0 Å². The number of rotatable bonds is 6. The standard InChI is InChI=1S/C14H21N3O2S/c1-9(2)6-13(19)17(11-4-5-11)8-12(18)16-14-15-7-10(3)20-14/h7,9,11H,4-6,8H2,1-3H3,(H,15,16,18). The highest BCUT2D eigenvalue weighted by Gasteiger charge is 2.33. The molecule has 1 aliphatic rings. The summed E-state index contributed by atoms with van der Waals surface area (Å²) in [6.45, 7) is 6.10. The summed E-state index contributed by atoms with van der Waals surface area (Å²) in [5.41, 5.74) is 0. The molecule has 20 heavy (non-hydrogen) atoms. The maximum Gasteiger partial charge on any atom is 0.245 e. The lowest BCUT2D eigenvalue weighted by Crippen LogP contribution is -2.40. The van der Waals surface area contributed by atoms with Gasteiger partial charge in [0.25, 0.3) is 0 Å². The zero-order valence-electron chi connectivity index (χ0n) is 12.2. The van der Waals surface area contributed by atoms with Crippen molar-refractivity contribution < 1.29 is 9.59 Å². The van der Waals surface area contributed by atoms with Gasteiger partial charge in [0.15, 0.2) is 5.13 Å². The molecule has 1 aromatic heterocycles. The van der Waals surface area contributed by atoms with Gasteiger partial charge in [-0.05, 0) is 25.7 Å². The molecule has 2 rings (SSSR count). The van der Waals surface area contributed by atoms with E-state index in [0.29, 0.717) is 17.5 Å². The maximum atomic E-state index is 12.2. The number of hydrogen-bond acceptors (Lipinski definition) is 4. The van der Waals surface area contributed by atoms with E-state index < -0.39 is 0 Å². The lowest BCUT2D eigenvalue weighted by Gasteiger charge is -2.22. The highest BCUT2D eigenvalue weighted by molar-refractivity contribution is 7.15. The molecule has 2 amide bonds. The second-order valence-electron chi connectivity index (χ2n) is 5.68. The molecule has 0 unspecified atom stereocenters. The van der Waals surface area contributed by atoms with Crippen LogP contribution in [0.1, 0.15) is 38.0 Å². The van der Waals surface area contributed by atoms with E-state index in [4.69, 9.17) is 0 Å². The normalized spacial score (nSPS) is 14.4. The zero-order chi connectivity index (χ0) is 14.7. The molecule has 0 bridgehead atoms. The number of thiazole rings is 1. The average Bonchev–Trinajstić information content (AvgIpc) is 3.10. The minimum absolute atomic E-state index is 0.0768. The van der Waals surface area contributed by atoms with Gasteiger partial charge in [-0.2, -0.15) is 0 Å². The number of hydrogen-bond donors (Lipinski definition) is 1. The fraction of sp³-hybridized carbons (Fsp3) is 0.643. The molecule has 0 radical (unpaired) electrons. The molecule has 1 aliphatic carbocycles. The monoisotopic (exact) mass is 295 g/mol. The van der Waals surface area contributed by atoms with Crippen LogP contribution in [0.25, 0.3) is 0 Å². The van der Waals surface area contributed by atoms with Gasteiger partial charge < -0.3 is 10.2 Å². The highest BCUT2D eigenvalue weighted by atomic mass is 32.1. The van der Waals surface area contributed by atoms with Crippen molar-refractivity contribution in [1.82, 2.24) is 9.88 Å². The Hall–Kier alpha value is -1.43. The molecular formula is C14H21N3O2S. The van der Waals surface area contributed by atoms with Gasteiger partial charge in [0, 0.05) is 23.5 Å². The Kier molecular flexibility index (Phi) is 4.75. The molecule has 0 atom stereocenters. The first-order chi connectivity index (χ1) is 9.45. The molecule has 1 fully saturated rings. The number of nitrogens with one attached hydrogen (secondary N) is 1. The molecule has 110 valence electrons. The topological polar surface area (TPSA) is 62.3 Å². The van der Waals surface area contributed by atoms with E-state index in [2.05, 4.69) is 10.3 Å². The predicted octanol–water partition coefficient (Wildman–Crippen LogP) is 2.43. The first-order valence-corrected chi connectivity index (χ1v) is 7.79. The average molecular weight is 295 g/mol. The second-order valence-corrected chi connectivity index (χ2v) is 6.91. The summed E-state index contributed by atoms with van der Waals surface area (Å²) >= 11 is 1.44. The summed E-state index contributed by atoms with van der Waals surface area (Å²) in [5.74, 6) is 0.227. The first kappa shape index (κ1) is 15.0. The van der Waals surface area contributed by atoms with Crippen LogP contribution in [0.3, 0.4) is 0 Å². The van der Waals surface area contributed by atoms with Gasteiger partial charge >= 0.3 is 0 Å². The first-order valence-electron chi connectivity index (χ1n) is 6.97. The van der Waals surface area contributed by atoms with Crippen LogP contribution in [-0.2, 0) is 9.59 Å². The molecule has 0 aliphatic heterocycles. The van der Waals surface area contributed by atoms with E-state index in [1.807, 2.05) is 20.8 Å². The van der Waals surface area contributed by atoms with Crippen LogP contribution in [0.15, 0.2) is 6.20 Å². The smallest absolute Gasteiger partial charge is 0.245 e. The van der Waals surface area contributed by atoms with Crippen molar-refractivity contribution in [3.05, 3.63) is 11.1 Å². The Morgan fingerprint density at radius 2 is 2.20 bits per heavy atom. The number of nitrogens with zero attached hydrogens (tertiary/aromatic N) is 2. The minimum atomic E-state index is -0.164. The van der Waals surface area contributed by atoms with Crippen molar-refractivity contribution >= 4 is 28.3 Å². The molecule has 0 spiro atoms. The zero-order valence-corrected chi connectivity index (χ0v) is 13.0. The van der Waals surface area contributed by atoms with Gasteiger partial charge in [0.2, 0.25) is 11.8 Å². The number of aryl methyl sites for hydroxylation is 1. The summed E-state index contributed by atoms with van der Waals surface area (Å²) in [7, 11) is 0. The van der Waals surface area contributed by atoms with E-state index in [9.17, 15) is 9.59 Å². The van der Waals surface area contributed by atoms with Crippen LogP contribution in [0.4, 0.5) is 5.13 Å². The SMILES string of the molecule is Cc1cnc(NC(=O)CN(C(=O)CC(C)C)C2CC2)s1. The van der Waals surface area contributed by atoms with Crippen molar-refractivity contribution in [1.29, 1.82) is 0 Å². The third kappa shape index (κ3) is 4.30. The van der Waals surface area contributed by atoms with E-state index >= 15 is 0 Å². The molecule has 1 heterocycles. The van der Waals surface area contributed by atoms with Crippen LogP contribution in [-0.4, -0.2) is 34.3 Å². The van der Waals surface area contributed by atoms with Crippen LogP contribution >= 0.6 is 11.3 Å². The molecule has 5 nitrogen and oxygen atoms in total. The van der Waals surface area contributed by atoms with Crippen molar-refractivity contribution in [2.24, 2.45) is 5.92 Å². The van der Waals surface area contributed by atoms with Gasteiger partial charge in [0.05, 0.1) is 0 Å². The Balaban J connectivity index is 1.90. The summed E-state index contributed by atoms with van der Waals surface area (Å²) < 4.78 is 0. The van der Waals surface area contributed by atoms with Crippen molar-refractivity contribution in [2.75, 3.05) is 11.9 Å². The van der Waals surface area contributed by atoms with Gasteiger partial charge in [-0.1, -0.05) is 13.8 Å². The Bertz CT molecular complexity index is 494. The Morgan fingerprint density at radius 3 is 2.70 bits per heavy atom. The number of amides is 2. The number of anilines is 1. The summed E-state index contributed by atoms with van der Waals surface area (Å²) in [6, 6.07) is 0.255. The predicted molar refractivity (Wildman–Crippen MR) is 79.7 cm³/mol. The lowest BCUT2D eigenvalue weighted by molar-refractivity contribution is -0.135. The van der Waals surface area contributed by atoms with Crippen molar-refractivity contribution in [3.8, 4) is 0 Å². The molecule has 0 aromatic carbocycles. The Morgan fingerprint density at radius 1 is 1.50 bits per heavy atom. The number of carbonyl (C=O) groups excluding carboxylic acids is 2.